The number of piperidine rings is 1. The van der Waals surface area contributed by atoms with E-state index in [1.807, 2.05) is 20.8 Å². The molecule has 4 aromatic rings. The van der Waals surface area contributed by atoms with E-state index in [1.54, 1.807) is 47.3 Å². The van der Waals surface area contributed by atoms with Crippen LogP contribution in [0.1, 0.15) is 44.0 Å². The average molecular weight is 716 g/mol. The number of alkyl halides is 2. The lowest BCUT2D eigenvalue weighted by Gasteiger charge is -2.33. The summed E-state index contributed by atoms with van der Waals surface area (Å²) in [5.74, 6) is -0.566. The van der Waals surface area contributed by atoms with E-state index in [9.17, 15) is 18.4 Å². The minimum absolute atomic E-state index is 0.0303. The van der Waals surface area contributed by atoms with Crippen LogP contribution in [0.3, 0.4) is 0 Å². The number of nitrogens with zero attached hydrogens (tertiary/aromatic N) is 6. The Morgan fingerprint density at radius 2 is 1.88 bits per heavy atom. The summed E-state index contributed by atoms with van der Waals surface area (Å²) in [6.45, 7) is 10.8. The van der Waals surface area contributed by atoms with Crippen molar-refractivity contribution in [1.82, 2.24) is 29.3 Å². The highest BCUT2D eigenvalue weighted by Crippen LogP contribution is 2.41. The van der Waals surface area contributed by atoms with Gasteiger partial charge in [0, 0.05) is 55.9 Å². The van der Waals surface area contributed by atoms with Crippen molar-refractivity contribution in [2.24, 2.45) is 0 Å². The molecule has 1 saturated heterocycles. The third-order valence-electron chi connectivity index (χ3n) is 7.64. The van der Waals surface area contributed by atoms with E-state index < -0.39 is 26.2 Å². The number of benzene rings is 1. The molecule has 264 valence electrons. The second-order valence-corrected chi connectivity index (χ2v) is 21.0. The van der Waals surface area contributed by atoms with Gasteiger partial charge < -0.3 is 24.4 Å². The maximum atomic E-state index is 13.7. The molecule has 0 unspecified atom stereocenters. The first kappa shape index (κ1) is 36.3. The van der Waals surface area contributed by atoms with Crippen LogP contribution in [0.5, 0.6) is 5.75 Å². The number of rotatable bonds is 12. The van der Waals surface area contributed by atoms with Gasteiger partial charge >= 0.3 is 12.7 Å². The number of thioether (sulfide) groups is 1. The summed E-state index contributed by atoms with van der Waals surface area (Å²) in [6.07, 6.45) is 7.25. The van der Waals surface area contributed by atoms with Crippen molar-refractivity contribution in [3.05, 3.63) is 54.6 Å². The number of fused-ring (bicyclic) bond motifs is 1. The molecule has 3 aromatic heterocycles. The first-order valence-electron chi connectivity index (χ1n) is 16.1. The number of carbonyl (C=O) groups excluding carboxylic acids is 2. The zero-order valence-corrected chi connectivity index (χ0v) is 30.4. The Balaban J connectivity index is 1.43. The number of halogens is 2. The maximum absolute atomic E-state index is 13.7. The Hall–Kier alpha value is -4.02. The van der Waals surface area contributed by atoms with Crippen LogP contribution in [0, 0.1) is 0 Å². The molecule has 5 rings (SSSR count). The molecule has 12 nitrogen and oxygen atoms in total. The van der Waals surface area contributed by atoms with E-state index in [1.165, 1.54) is 27.7 Å². The van der Waals surface area contributed by atoms with Gasteiger partial charge in [0.05, 0.1) is 23.8 Å². The van der Waals surface area contributed by atoms with Crippen LogP contribution in [0.15, 0.2) is 53.9 Å². The zero-order chi connectivity index (χ0) is 35.3. The lowest BCUT2D eigenvalue weighted by molar-refractivity contribution is -0.0495. The minimum Gasteiger partial charge on any atom is -0.444 e. The van der Waals surface area contributed by atoms with E-state index in [2.05, 4.69) is 40.1 Å². The molecule has 0 bridgehead atoms. The van der Waals surface area contributed by atoms with Crippen LogP contribution < -0.4 is 10.1 Å². The Morgan fingerprint density at radius 1 is 1.12 bits per heavy atom. The smallest absolute Gasteiger partial charge is 0.410 e. The molecular formula is C33H43F2N7O5SSi. The summed E-state index contributed by atoms with van der Waals surface area (Å²) < 4.78 is 47.0. The van der Waals surface area contributed by atoms with Gasteiger partial charge in [0.2, 0.25) is 0 Å². The van der Waals surface area contributed by atoms with Crippen molar-refractivity contribution in [1.29, 1.82) is 0 Å². The third-order valence-corrected chi connectivity index (χ3v) is 10.7. The lowest BCUT2D eigenvalue weighted by atomic mass is 10.1. The SMILES string of the molecule is CC(C)(C)OC(=O)N1CCC(Sc2ccc(OC(F)F)c(-c3c(NC(=O)c4cnn5cccnc45)cnn3COCC[Si](C)(C)C)c2)CC1. The minimum atomic E-state index is -3.08. The van der Waals surface area contributed by atoms with Gasteiger partial charge in [-0.15, -0.1) is 11.8 Å². The van der Waals surface area contributed by atoms with Gasteiger partial charge in [-0.1, -0.05) is 19.6 Å². The van der Waals surface area contributed by atoms with Gasteiger partial charge in [-0.05, 0) is 63.9 Å². The molecule has 1 aromatic carbocycles. The fourth-order valence-electron chi connectivity index (χ4n) is 5.21. The molecule has 16 heteroatoms. The van der Waals surface area contributed by atoms with Crippen molar-refractivity contribution in [3.8, 4) is 17.0 Å². The Morgan fingerprint density at radius 3 is 2.57 bits per heavy atom. The van der Waals surface area contributed by atoms with Crippen LogP contribution >= 0.6 is 11.8 Å². The second kappa shape index (κ2) is 15.3. The van der Waals surface area contributed by atoms with Crippen LogP contribution in [-0.2, 0) is 16.2 Å². The van der Waals surface area contributed by atoms with Crippen LogP contribution in [-0.4, -0.2) is 86.5 Å². The van der Waals surface area contributed by atoms with E-state index in [0.29, 0.717) is 36.6 Å². The van der Waals surface area contributed by atoms with E-state index in [-0.39, 0.29) is 35.1 Å². The molecule has 0 radical (unpaired) electrons. The molecule has 2 amide bonds. The number of nitrogens with one attached hydrogen (secondary N) is 1. The largest absolute Gasteiger partial charge is 0.444 e. The number of aromatic nitrogens is 5. The van der Waals surface area contributed by atoms with Gasteiger partial charge in [0.1, 0.15) is 23.6 Å². The fraction of sp³-hybridized carbons (Fsp3) is 0.485. The first-order valence-corrected chi connectivity index (χ1v) is 20.7. The standard InChI is InChI=1S/C33H43F2N7O5SSi/c1-33(2,3)47-32(44)40-14-10-22(11-15-40)48-23-8-9-27(46-31(34)35)24(18-23)28-26(20-38-42(28)21-45-16-17-49(4,5)6)39-30(43)25-19-37-41-13-7-12-36-29(25)41/h7-9,12-13,18-20,22,31H,10-11,14-17,21H2,1-6H3,(H,39,43). The van der Waals surface area contributed by atoms with E-state index in [0.717, 1.165) is 23.8 Å². The molecule has 0 atom stereocenters. The molecule has 1 N–H and O–H groups in total. The van der Waals surface area contributed by atoms with Crippen molar-refractivity contribution < 1.29 is 32.6 Å². The quantitative estimate of drug-likeness (QED) is 0.119. The second-order valence-electron chi connectivity index (χ2n) is 14.0. The molecule has 4 heterocycles. The highest BCUT2D eigenvalue weighted by atomic mass is 32.2. The highest BCUT2D eigenvalue weighted by Gasteiger charge is 2.28. The predicted molar refractivity (Wildman–Crippen MR) is 186 cm³/mol. The topological polar surface area (TPSA) is 125 Å². The van der Waals surface area contributed by atoms with Crippen molar-refractivity contribution in [2.75, 3.05) is 25.0 Å². The van der Waals surface area contributed by atoms with Gasteiger partial charge in [-0.2, -0.15) is 19.0 Å². The number of likely N-dealkylation sites (tertiary alicyclic amines) is 1. The van der Waals surface area contributed by atoms with Gasteiger partial charge in [0.15, 0.2) is 5.65 Å². The van der Waals surface area contributed by atoms with Gasteiger partial charge in [-0.25, -0.2) is 19.0 Å². The summed E-state index contributed by atoms with van der Waals surface area (Å²) in [6, 6.07) is 7.63. The Bertz CT molecular complexity index is 1760. The number of carbonyl (C=O) groups is 2. The summed E-state index contributed by atoms with van der Waals surface area (Å²) in [4.78, 5) is 32.9. The Kier molecular flexibility index (Phi) is 11.3. The number of hydrogen-bond acceptors (Lipinski definition) is 9. The molecule has 1 fully saturated rings. The molecule has 0 aliphatic carbocycles. The zero-order valence-electron chi connectivity index (χ0n) is 28.6. The van der Waals surface area contributed by atoms with Crippen LogP contribution in [0.2, 0.25) is 25.7 Å². The summed E-state index contributed by atoms with van der Waals surface area (Å²) >= 11 is 1.59. The number of ether oxygens (including phenoxy) is 3. The highest BCUT2D eigenvalue weighted by molar-refractivity contribution is 8.00. The Labute approximate surface area is 289 Å². The normalized spacial score (nSPS) is 14.4. The predicted octanol–water partition coefficient (Wildman–Crippen LogP) is 7.25. The number of hydrogen-bond donors (Lipinski definition) is 1. The fourth-order valence-corrected chi connectivity index (χ4v) is 7.13. The van der Waals surface area contributed by atoms with Gasteiger partial charge in [-0.3, -0.25) is 4.79 Å². The van der Waals surface area contributed by atoms with E-state index in [4.69, 9.17) is 14.2 Å². The number of amides is 2. The van der Waals surface area contributed by atoms with Crippen molar-refractivity contribution in [3.63, 3.8) is 0 Å². The maximum Gasteiger partial charge on any atom is 0.410 e. The average Bonchev–Trinajstić information content (AvgIpc) is 3.63. The summed E-state index contributed by atoms with van der Waals surface area (Å²) in [5, 5.41) is 11.8. The van der Waals surface area contributed by atoms with Crippen LogP contribution in [0.4, 0.5) is 19.3 Å². The van der Waals surface area contributed by atoms with E-state index >= 15 is 0 Å². The summed E-state index contributed by atoms with van der Waals surface area (Å²) in [7, 11) is -1.38. The molecule has 1 aliphatic rings. The molecule has 49 heavy (non-hydrogen) atoms. The number of anilines is 1. The van der Waals surface area contributed by atoms with Crippen LogP contribution in [0.25, 0.3) is 16.9 Å². The third kappa shape index (κ3) is 9.79. The summed E-state index contributed by atoms with van der Waals surface area (Å²) in [5.41, 5.74) is 0.966. The van der Waals surface area contributed by atoms with Gasteiger partial charge in [0.25, 0.3) is 5.91 Å². The van der Waals surface area contributed by atoms with Crippen molar-refractivity contribution in [2.45, 2.75) is 88.4 Å². The van der Waals surface area contributed by atoms with Crippen molar-refractivity contribution >= 4 is 43.2 Å². The first-order chi connectivity index (χ1) is 23.2. The molecular weight excluding hydrogens is 673 g/mol. The lowest BCUT2D eigenvalue weighted by Crippen LogP contribution is -2.42. The molecule has 0 saturated carbocycles. The monoisotopic (exact) mass is 715 g/mol. The molecule has 1 aliphatic heterocycles. The molecule has 0 spiro atoms.